The monoisotopic (exact) mass is 400 g/mol. The molecular formula is C22H28N2O3S. The van der Waals surface area contributed by atoms with Gasteiger partial charge >= 0.3 is 0 Å². The van der Waals surface area contributed by atoms with Crippen LogP contribution in [0.25, 0.3) is 0 Å². The van der Waals surface area contributed by atoms with E-state index in [1.54, 1.807) is 28.6 Å². The largest absolute Gasteiger partial charge is 0.326 e. The normalized spacial score (nSPS) is 16.9. The van der Waals surface area contributed by atoms with E-state index >= 15 is 0 Å². The molecule has 0 radical (unpaired) electrons. The van der Waals surface area contributed by atoms with Crippen LogP contribution in [0.1, 0.15) is 50.5 Å². The number of carbonyl (C=O) groups excluding carboxylic acids is 1. The van der Waals surface area contributed by atoms with Crippen molar-refractivity contribution in [1.82, 2.24) is 4.31 Å². The summed E-state index contributed by atoms with van der Waals surface area (Å²) in [5.74, 6) is -0.321. The van der Waals surface area contributed by atoms with Gasteiger partial charge in [-0.05, 0) is 49.1 Å². The first-order valence-electron chi connectivity index (χ1n) is 9.98. The lowest BCUT2D eigenvalue weighted by atomic mass is 9.95. The van der Waals surface area contributed by atoms with Gasteiger partial charge < -0.3 is 5.32 Å². The average Bonchev–Trinajstić information content (AvgIpc) is 3.00. The van der Waals surface area contributed by atoms with E-state index in [-0.39, 0.29) is 16.7 Å². The van der Waals surface area contributed by atoms with Crippen LogP contribution >= 0.6 is 0 Å². The Morgan fingerprint density at radius 2 is 1.57 bits per heavy atom. The number of rotatable bonds is 6. The molecule has 1 atom stereocenters. The summed E-state index contributed by atoms with van der Waals surface area (Å²) in [7, 11) is -3.47. The highest BCUT2D eigenvalue weighted by Crippen LogP contribution is 2.24. The fraction of sp³-hybridized carbons (Fsp3) is 0.409. The zero-order chi connectivity index (χ0) is 20.0. The first-order chi connectivity index (χ1) is 13.5. The Morgan fingerprint density at radius 1 is 0.964 bits per heavy atom. The van der Waals surface area contributed by atoms with Crippen LogP contribution in [-0.2, 0) is 14.8 Å². The minimum absolute atomic E-state index is 0.0863. The Balaban J connectivity index is 1.71. The van der Waals surface area contributed by atoms with Crippen LogP contribution < -0.4 is 5.32 Å². The van der Waals surface area contributed by atoms with Gasteiger partial charge in [0.05, 0.1) is 10.8 Å². The summed E-state index contributed by atoms with van der Waals surface area (Å²) in [4.78, 5) is 13.0. The van der Waals surface area contributed by atoms with E-state index in [1.165, 1.54) is 0 Å². The Morgan fingerprint density at radius 3 is 2.14 bits per heavy atom. The lowest BCUT2D eigenvalue weighted by molar-refractivity contribution is -0.117. The van der Waals surface area contributed by atoms with Crippen LogP contribution in [0.4, 0.5) is 5.69 Å². The number of amides is 1. The molecule has 150 valence electrons. The topological polar surface area (TPSA) is 66.5 Å². The van der Waals surface area contributed by atoms with E-state index in [1.807, 2.05) is 37.3 Å². The molecule has 2 aromatic rings. The first kappa shape index (κ1) is 20.6. The molecule has 3 rings (SSSR count). The molecule has 0 saturated carbocycles. The molecule has 2 aromatic carbocycles. The molecule has 0 unspecified atom stereocenters. The highest BCUT2D eigenvalue weighted by atomic mass is 32.2. The van der Waals surface area contributed by atoms with Crippen LogP contribution in [0.15, 0.2) is 59.5 Å². The molecule has 0 aliphatic carbocycles. The predicted octanol–water partition coefficient (Wildman–Crippen LogP) is 4.38. The standard InChI is InChI=1S/C22H28N2O3S/c1-2-21(18-10-6-5-7-11-18)22(25)23-19-12-14-20(15-13-19)28(26,27)24-16-8-3-4-9-17-24/h5-7,10-15,21H,2-4,8-9,16-17H2,1H3,(H,23,25)/t21-/m0/s1. The van der Waals surface area contributed by atoms with Crippen LogP contribution in [0.5, 0.6) is 0 Å². The summed E-state index contributed by atoms with van der Waals surface area (Å²) < 4.78 is 27.3. The number of benzene rings is 2. The van der Waals surface area contributed by atoms with Crippen molar-refractivity contribution in [1.29, 1.82) is 0 Å². The highest BCUT2D eigenvalue weighted by molar-refractivity contribution is 7.89. The van der Waals surface area contributed by atoms with Crippen molar-refractivity contribution < 1.29 is 13.2 Å². The van der Waals surface area contributed by atoms with Gasteiger partial charge in [-0.3, -0.25) is 4.79 Å². The minimum Gasteiger partial charge on any atom is -0.326 e. The Labute approximate surface area is 167 Å². The van der Waals surface area contributed by atoms with Crippen molar-refractivity contribution >= 4 is 21.6 Å². The maximum absolute atomic E-state index is 12.9. The first-order valence-corrected chi connectivity index (χ1v) is 11.4. The molecule has 28 heavy (non-hydrogen) atoms. The fourth-order valence-corrected chi connectivity index (χ4v) is 5.15. The van der Waals surface area contributed by atoms with Crippen LogP contribution in [0.3, 0.4) is 0 Å². The quantitative estimate of drug-likeness (QED) is 0.782. The molecule has 0 aromatic heterocycles. The molecule has 0 bridgehead atoms. The molecule has 0 spiro atoms. The third-order valence-electron chi connectivity index (χ3n) is 5.25. The lowest BCUT2D eigenvalue weighted by Gasteiger charge is -2.20. The fourth-order valence-electron chi connectivity index (χ4n) is 3.63. The van der Waals surface area contributed by atoms with Crippen molar-refractivity contribution in [3.05, 3.63) is 60.2 Å². The Bertz CT molecular complexity index is 872. The van der Waals surface area contributed by atoms with Crippen LogP contribution in [-0.4, -0.2) is 31.7 Å². The van der Waals surface area contributed by atoms with Gasteiger partial charge in [0.1, 0.15) is 0 Å². The van der Waals surface area contributed by atoms with Gasteiger partial charge in [-0.1, -0.05) is 50.1 Å². The molecule has 1 amide bonds. The SMILES string of the molecule is CC[C@H](C(=O)Nc1ccc(S(=O)(=O)N2CCCCCC2)cc1)c1ccccc1. The summed E-state index contributed by atoms with van der Waals surface area (Å²) in [5.41, 5.74) is 1.58. The average molecular weight is 401 g/mol. The summed E-state index contributed by atoms with van der Waals surface area (Å²) in [6, 6.07) is 16.2. The Hall–Kier alpha value is -2.18. The lowest BCUT2D eigenvalue weighted by Crippen LogP contribution is -2.31. The van der Waals surface area contributed by atoms with Crippen molar-refractivity contribution in [2.75, 3.05) is 18.4 Å². The number of nitrogens with one attached hydrogen (secondary N) is 1. The molecule has 5 nitrogen and oxygen atoms in total. The van der Waals surface area contributed by atoms with Crippen molar-refractivity contribution in [3.63, 3.8) is 0 Å². The number of nitrogens with zero attached hydrogens (tertiary/aromatic N) is 1. The van der Waals surface area contributed by atoms with E-state index in [4.69, 9.17) is 0 Å². The van der Waals surface area contributed by atoms with Crippen LogP contribution in [0.2, 0.25) is 0 Å². The second kappa shape index (κ2) is 9.34. The summed E-state index contributed by atoms with van der Waals surface area (Å²) in [6.45, 7) is 3.14. The molecule has 1 aliphatic rings. The van der Waals surface area contributed by atoms with Gasteiger partial charge in [-0.15, -0.1) is 0 Å². The van der Waals surface area contributed by atoms with E-state index in [2.05, 4.69) is 5.32 Å². The van der Waals surface area contributed by atoms with Crippen molar-refractivity contribution in [3.8, 4) is 0 Å². The number of hydrogen-bond donors (Lipinski definition) is 1. The molecule has 1 saturated heterocycles. The molecule has 1 heterocycles. The number of sulfonamides is 1. The minimum atomic E-state index is -3.47. The predicted molar refractivity (Wildman–Crippen MR) is 112 cm³/mol. The molecule has 1 fully saturated rings. The highest BCUT2D eigenvalue weighted by Gasteiger charge is 2.25. The van der Waals surface area contributed by atoms with E-state index in [0.29, 0.717) is 25.2 Å². The summed E-state index contributed by atoms with van der Waals surface area (Å²) >= 11 is 0. The van der Waals surface area contributed by atoms with Gasteiger partial charge in [0.2, 0.25) is 15.9 Å². The van der Waals surface area contributed by atoms with E-state index < -0.39 is 10.0 Å². The van der Waals surface area contributed by atoms with E-state index in [0.717, 1.165) is 31.2 Å². The van der Waals surface area contributed by atoms with Crippen molar-refractivity contribution in [2.24, 2.45) is 0 Å². The zero-order valence-electron chi connectivity index (χ0n) is 16.3. The van der Waals surface area contributed by atoms with Gasteiger partial charge in [0, 0.05) is 18.8 Å². The van der Waals surface area contributed by atoms with Gasteiger partial charge in [-0.25, -0.2) is 8.42 Å². The van der Waals surface area contributed by atoms with Crippen molar-refractivity contribution in [2.45, 2.75) is 49.8 Å². The molecule has 1 N–H and O–H groups in total. The number of anilines is 1. The summed E-state index contributed by atoms with van der Waals surface area (Å²) in [6.07, 6.45) is 4.67. The van der Waals surface area contributed by atoms with E-state index in [9.17, 15) is 13.2 Å². The summed E-state index contributed by atoms with van der Waals surface area (Å²) in [5, 5.41) is 2.91. The van der Waals surface area contributed by atoms with Gasteiger partial charge in [-0.2, -0.15) is 4.31 Å². The maximum atomic E-state index is 12.9. The number of carbonyl (C=O) groups is 1. The maximum Gasteiger partial charge on any atom is 0.243 e. The van der Waals surface area contributed by atoms with Gasteiger partial charge in [0.25, 0.3) is 0 Å². The number of hydrogen-bond acceptors (Lipinski definition) is 3. The third kappa shape index (κ3) is 4.80. The second-order valence-corrected chi connectivity index (χ2v) is 9.14. The molecule has 1 aliphatic heterocycles. The Kier molecular flexibility index (Phi) is 6.86. The third-order valence-corrected chi connectivity index (χ3v) is 7.16. The molecular weight excluding hydrogens is 372 g/mol. The van der Waals surface area contributed by atoms with Crippen LogP contribution in [0, 0.1) is 0 Å². The zero-order valence-corrected chi connectivity index (χ0v) is 17.1. The smallest absolute Gasteiger partial charge is 0.243 e. The second-order valence-electron chi connectivity index (χ2n) is 7.20. The molecule has 6 heteroatoms. The van der Waals surface area contributed by atoms with Gasteiger partial charge in [0.15, 0.2) is 0 Å².